The molecule has 0 radical (unpaired) electrons. The number of aliphatic hydroxyl groups is 1. The van der Waals surface area contributed by atoms with Crippen LogP contribution in [0.1, 0.15) is 18.4 Å². The van der Waals surface area contributed by atoms with E-state index in [1.807, 2.05) is 0 Å². The average molecular weight is 263 g/mol. The minimum atomic E-state index is -0.798. The molecule has 0 spiro atoms. The molecule has 0 aliphatic heterocycles. The predicted octanol–water partition coefficient (Wildman–Crippen LogP) is 2.79. The zero-order valence-electron chi connectivity index (χ0n) is 7.36. The Morgan fingerprint density at radius 2 is 2.00 bits per heavy atom. The maximum absolute atomic E-state index is 13.4. The van der Waals surface area contributed by atoms with Crippen LogP contribution in [0.15, 0.2) is 16.6 Å². The second kappa shape index (κ2) is 3.28. The van der Waals surface area contributed by atoms with Gasteiger partial charge in [0.25, 0.3) is 0 Å². The zero-order valence-corrected chi connectivity index (χ0v) is 8.94. The van der Waals surface area contributed by atoms with Crippen LogP contribution in [0.3, 0.4) is 0 Å². The van der Waals surface area contributed by atoms with E-state index < -0.39 is 17.2 Å². The summed E-state index contributed by atoms with van der Waals surface area (Å²) in [6, 6.07) is 2.21. The first-order valence-corrected chi connectivity index (χ1v) is 5.15. The van der Waals surface area contributed by atoms with Gasteiger partial charge in [-0.05, 0) is 46.5 Å². The maximum atomic E-state index is 13.4. The van der Waals surface area contributed by atoms with Crippen LogP contribution in [-0.2, 0) is 6.42 Å². The molecule has 1 N–H and O–H groups in total. The minimum Gasteiger partial charge on any atom is -0.390 e. The lowest BCUT2D eigenvalue weighted by atomic mass is 10.1. The normalized spacial score (nSPS) is 18.3. The smallest absolute Gasteiger partial charge is 0.140 e. The quantitative estimate of drug-likeness (QED) is 0.813. The topological polar surface area (TPSA) is 20.2 Å². The van der Waals surface area contributed by atoms with Crippen LogP contribution in [0.4, 0.5) is 8.78 Å². The Morgan fingerprint density at radius 1 is 1.36 bits per heavy atom. The second-order valence-corrected chi connectivity index (χ2v) is 4.62. The van der Waals surface area contributed by atoms with Crippen LogP contribution in [0, 0.1) is 11.6 Å². The first-order chi connectivity index (χ1) is 6.50. The lowest BCUT2D eigenvalue weighted by Crippen LogP contribution is -2.12. The first-order valence-electron chi connectivity index (χ1n) is 4.36. The Kier molecular flexibility index (Phi) is 2.35. The van der Waals surface area contributed by atoms with E-state index in [0.717, 1.165) is 12.1 Å². The molecule has 14 heavy (non-hydrogen) atoms. The Balaban J connectivity index is 2.32. The highest BCUT2D eigenvalue weighted by atomic mass is 79.9. The van der Waals surface area contributed by atoms with Gasteiger partial charge in [0.2, 0.25) is 0 Å². The van der Waals surface area contributed by atoms with Gasteiger partial charge in [0.1, 0.15) is 11.6 Å². The van der Waals surface area contributed by atoms with Crippen LogP contribution < -0.4 is 0 Å². The van der Waals surface area contributed by atoms with Gasteiger partial charge in [-0.1, -0.05) is 0 Å². The molecule has 1 aromatic rings. The molecule has 1 aliphatic carbocycles. The Bertz CT molecular complexity index is 375. The van der Waals surface area contributed by atoms with Crippen LogP contribution >= 0.6 is 15.9 Å². The fourth-order valence-corrected chi connectivity index (χ4v) is 1.89. The number of hydrogen-bond donors (Lipinski definition) is 1. The molecule has 1 aromatic carbocycles. The summed E-state index contributed by atoms with van der Waals surface area (Å²) in [5, 5.41) is 9.58. The molecule has 2 rings (SSSR count). The van der Waals surface area contributed by atoms with E-state index in [1.165, 1.54) is 0 Å². The molecule has 1 aliphatic rings. The molecule has 1 nitrogen and oxygen atoms in total. The van der Waals surface area contributed by atoms with Crippen molar-refractivity contribution in [2.45, 2.75) is 24.9 Å². The van der Waals surface area contributed by atoms with Gasteiger partial charge >= 0.3 is 0 Å². The van der Waals surface area contributed by atoms with Crippen LogP contribution in [0.2, 0.25) is 0 Å². The summed E-state index contributed by atoms with van der Waals surface area (Å²) < 4.78 is 26.4. The minimum absolute atomic E-state index is 0.108. The molecule has 76 valence electrons. The molecule has 4 heteroatoms. The van der Waals surface area contributed by atoms with Crippen molar-refractivity contribution in [2.24, 2.45) is 0 Å². The summed E-state index contributed by atoms with van der Waals surface area (Å²) in [5.41, 5.74) is -0.564. The summed E-state index contributed by atoms with van der Waals surface area (Å²) in [7, 11) is 0. The van der Waals surface area contributed by atoms with Crippen molar-refractivity contribution in [1.29, 1.82) is 0 Å². The van der Waals surface area contributed by atoms with Gasteiger partial charge in [-0.3, -0.25) is 0 Å². The second-order valence-electron chi connectivity index (χ2n) is 3.76. The predicted molar refractivity (Wildman–Crippen MR) is 51.9 cm³/mol. The third kappa shape index (κ3) is 1.96. The van der Waals surface area contributed by atoms with Gasteiger partial charge in [-0.2, -0.15) is 0 Å². The van der Waals surface area contributed by atoms with Gasteiger partial charge in [0.05, 0.1) is 10.1 Å². The number of rotatable bonds is 2. The molecule has 1 fully saturated rings. The van der Waals surface area contributed by atoms with Crippen LogP contribution in [0.5, 0.6) is 0 Å². The van der Waals surface area contributed by atoms with Crippen molar-refractivity contribution in [3.05, 3.63) is 33.8 Å². The van der Waals surface area contributed by atoms with Crippen molar-refractivity contribution in [1.82, 2.24) is 0 Å². The van der Waals surface area contributed by atoms with E-state index in [1.54, 1.807) is 0 Å². The van der Waals surface area contributed by atoms with E-state index in [4.69, 9.17) is 0 Å². The van der Waals surface area contributed by atoms with Crippen LogP contribution in [-0.4, -0.2) is 10.7 Å². The van der Waals surface area contributed by atoms with Crippen LogP contribution in [0.25, 0.3) is 0 Å². The molecule has 0 bridgehead atoms. The fourth-order valence-electron chi connectivity index (χ4n) is 1.41. The van der Waals surface area contributed by atoms with Crippen molar-refractivity contribution in [3.8, 4) is 0 Å². The van der Waals surface area contributed by atoms with Crippen molar-refractivity contribution < 1.29 is 13.9 Å². The van der Waals surface area contributed by atoms with Crippen molar-refractivity contribution in [3.63, 3.8) is 0 Å². The molecule has 0 atom stereocenters. The van der Waals surface area contributed by atoms with Gasteiger partial charge in [-0.25, -0.2) is 8.78 Å². The van der Waals surface area contributed by atoms with Crippen molar-refractivity contribution >= 4 is 15.9 Å². The highest BCUT2D eigenvalue weighted by Crippen LogP contribution is 2.39. The molecule has 0 heterocycles. The molecular formula is C10H9BrF2O. The summed E-state index contributed by atoms with van der Waals surface area (Å²) >= 11 is 2.93. The van der Waals surface area contributed by atoms with E-state index in [-0.39, 0.29) is 16.5 Å². The zero-order chi connectivity index (χ0) is 10.3. The Morgan fingerprint density at radius 3 is 2.57 bits per heavy atom. The molecule has 1 saturated carbocycles. The molecule has 0 saturated heterocycles. The largest absolute Gasteiger partial charge is 0.390 e. The molecule has 0 unspecified atom stereocenters. The highest BCUT2D eigenvalue weighted by Gasteiger charge is 2.41. The number of hydrogen-bond acceptors (Lipinski definition) is 1. The first kappa shape index (κ1) is 10.1. The summed E-state index contributed by atoms with van der Waals surface area (Å²) in [4.78, 5) is 0. The number of halogens is 3. The van der Waals surface area contributed by atoms with Crippen molar-refractivity contribution in [2.75, 3.05) is 0 Å². The average Bonchev–Trinajstić information content (AvgIpc) is 2.79. The van der Waals surface area contributed by atoms with E-state index in [2.05, 4.69) is 15.9 Å². The monoisotopic (exact) mass is 262 g/mol. The molecule has 0 amide bonds. The molecule has 0 aromatic heterocycles. The standard InChI is InChI=1S/C10H9BrF2O/c11-8-4-7(12)3-6(9(8)13)5-10(14)1-2-10/h3-4,14H,1-2,5H2. The van der Waals surface area contributed by atoms with Gasteiger partial charge in [0.15, 0.2) is 0 Å². The van der Waals surface area contributed by atoms with Gasteiger partial charge < -0.3 is 5.11 Å². The third-order valence-corrected chi connectivity index (χ3v) is 2.99. The third-order valence-electron chi connectivity index (χ3n) is 2.42. The molecular weight excluding hydrogens is 254 g/mol. The van der Waals surface area contributed by atoms with Gasteiger partial charge in [0, 0.05) is 6.42 Å². The van der Waals surface area contributed by atoms with E-state index >= 15 is 0 Å². The summed E-state index contributed by atoms with van der Waals surface area (Å²) in [6.45, 7) is 0. The summed E-state index contributed by atoms with van der Waals surface area (Å²) in [6.07, 6.45) is 1.52. The number of benzene rings is 1. The maximum Gasteiger partial charge on any atom is 0.140 e. The Labute approximate surface area is 88.9 Å². The SMILES string of the molecule is OC1(Cc2cc(F)cc(Br)c2F)CC1. The lowest BCUT2D eigenvalue weighted by molar-refractivity contribution is 0.149. The Hall–Kier alpha value is -0.480. The van der Waals surface area contributed by atoms with E-state index in [0.29, 0.717) is 12.8 Å². The highest BCUT2D eigenvalue weighted by molar-refractivity contribution is 9.10. The fraction of sp³-hybridized carbons (Fsp3) is 0.400. The van der Waals surface area contributed by atoms with Gasteiger partial charge in [-0.15, -0.1) is 0 Å². The lowest BCUT2D eigenvalue weighted by Gasteiger charge is -2.09. The summed E-state index contributed by atoms with van der Waals surface area (Å²) in [5.74, 6) is -0.968. The van der Waals surface area contributed by atoms with E-state index in [9.17, 15) is 13.9 Å².